The molecule has 45 heavy (non-hydrogen) atoms. The largest absolute Gasteiger partial charge is 0.352 e. The van der Waals surface area contributed by atoms with Crippen LogP contribution in [0.2, 0.25) is 15.1 Å². The highest BCUT2D eigenvalue weighted by atomic mass is 35.5. The van der Waals surface area contributed by atoms with E-state index in [0.29, 0.717) is 22.0 Å². The van der Waals surface area contributed by atoms with Gasteiger partial charge in [0.2, 0.25) is 11.8 Å². The zero-order valence-electron chi connectivity index (χ0n) is 24.9. The highest BCUT2D eigenvalue weighted by Crippen LogP contribution is 2.33. The van der Waals surface area contributed by atoms with Crippen molar-refractivity contribution in [1.29, 1.82) is 0 Å². The maximum Gasteiger partial charge on any atom is 0.264 e. The number of carbonyl (C=O) groups is 2. The summed E-state index contributed by atoms with van der Waals surface area (Å²) in [6, 6.07) is 27.3. The summed E-state index contributed by atoms with van der Waals surface area (Å²) in [5.74, 6) is -0.951. The smallest absolute Gasteiger partial charge is 0.264 e. The monoisotopic (exact) mass is 685 g/mol. The first-order valence-corrected chi connectivity index (χ1v) is 17.0. The summed E-state index contributed by atoms with van der Waals surface area (Å²) >= 11 is 18.8. The Morgan fingerprint density at radius 3 is 2.00 bits per heavy atom. The van der Waals surface area contributed by atoms with Crippen molar-refractivity contribution in [2.24, 2.45) is 0 Å². The fraction of sp³-hybridized carbons (Fsp3) is 0.235. The lowest BCUT2D eigenvalue weighted by atomic mass is 10.0. The Morgan fingerprint density at radius 1 is 0.800 bits per heavy atom. The van der Waals surface area contributed by atoms with Crippen LogP contribution in [-0.2, 0) is 32.6 Å². The van der Waals surface area contributed by atoms with E-state index in [1.807, 2.05) is 44.2 Å². The van der Waals surface area contributed by atoms with Crippen LogP contribution in [0.1, 0.15) is 31.4 Å². The summed E-state index contributed by atoms with van der Waals surface area (Å²) in [5, 5.41) is 3.89. The van der Waals surface area contributed by atoms with Crippen molar-refractivity contribution in [3.8, 4) is 0 Å². The van der Waals surface area contributed by atoms with Crippen LogP contribution in [0, 0.1) is 0 Å². The van der Waals surface area contributed by atoms with E-state index in [2.05, 4.69) is 5.32 Å². The number of amides is 2. The molecule has 236 valence electrons. The molecule has 0 unspecified atom stereocenters. The standard InChI is InChI=1S/C34H34Cl3N3O4S/c1-3-24(2)38-34(42)32(20-25-10-6-4-7-11-25)39(22-26-14-16-27(35)17-15-26)33(41)23-40(31-19-18-28(36)21-30(31)37)45(43,44)29-12-8-5-9-13-29/h4-19,21,24,32H,3,20,22-23H2,1-2H3,(H,38,42)/t24-,32-/m0/s1. The highest BCUT2D eigenvalue weighted by Gasteiger charge is 2.35. The van der Waals surface area contributed by atoms with Crippen LogP contribution < -0.4 is 9.62 Å². The van der Waals surface area contributed by atoms with Gasteiger partial charge in [0.05, 0.1) is 15.6 Å². The van der Waals surface area contributed by atoms with Crippen molar-refractivity contribution < 1.29 is 18.0 Å². The molecule has 0 aliphatic rings. The van der Waals surface area contributed by atoms with E-state index < -0.39 is 28.5 Å². The predicted octanol–water partition coefficient (Wildman–Crippen LogP) is 7.40. The molecule has 1 N–H and O–H groups in total. The Labute approximate surface area is 279 Å². The van der Waals surface area contributed by atoms with E-state index in [1.54, 1.807) is 42.5 Å². The van der Waals surface area contributed by atoms with Crippen molar-refractivity contribution in [1.82, 2.24) is 10.2 Å². The van der Waals surface area contributed by atoms with Crippen LogP contribution in [0.25, 0.3) is 0 Å². The SMILES string of the molecule is CC[C@H](C)NC(=O)[C@H](Cc1ccccc1)N(Cc1ccc(Cl)cc1)C(=O)CN(c1ccc(Cl)cc1Cl)S(=O)(=O)c1ccccc1. The third-order valence-corrected chi connectivity index (χ3v) is 9.89. The van der Waals surface area contributed by atoms with Crippen LogP contribution in [-0.4, -0.2) is 43.8 Å². The van der Waals surface area contributed by atoms with Gasteiger partial charge in [-0.2, -0.15) is 0 Å². The molecule has 0 heterocycles. The molecule has 4 aromatic rings. The molecule has 2 amide bonds. The van der Waals surface area contributed by atoms with Gasteiger partial charge in [0.25, 0.3) is 10.0 Å². The number of anilines is 1. The lowest BCUT2D eigenvalue weighted by Gasteiger charge is -2.34. The zero-order chi connectivity index (χ0) is 32.6. The van der Waals surface area contributed by atoms with Crippen molar-refractivity contribution in [2.45, 2.75) is 50.2 Å². The van der Waals surface area contributed by atoms with E-state index in [0.717, 1.165) is 9.87 Å². The summed E-state index contributed by atoms with van der Waals surface area (Å²) in [6.45, 7) is 3.23. The van der Waals surface area contributed by atoms with Crippen molar-refractivity contribution in [3.05, 3.63) is 129 Å². The minimum absolute atomic E-state index is 0.0228. The van der Waals surface area contributed by atoms with Crippen LogP contribution in [0.5, 0.6) is 0 Å². The number of carbonyl (C=O) groups excluding carboxylic acids is 2. The molecule has 7 nitrogen and oxygen atoms in total. The zero-order valence-corrected chi connectivity index (χ0v) is 28.0. The van der Waals surface area contributed by atoms with Gasteiger partial charge in [-0.3, -0.25) is 13.9 Å². The molecule has 0 fully saturated rings. The second-order valence-corrected chi connectivity index (χ2v) is 13.7. The summed E-state index contributed by atoms with van der Waals surface area (Å²) in [6.07, 6.45) is 0.892. The summed E-state index contributed by atoms with van der Waals surface area (Å²) in [7, 11) is -4.28. The summed E-state index contributed by atoms with van der Waals surface area (Å²) in [5.41, 5.74) is 1.63. The van der Waals surface area contributed by atoms with E-state index in [-0.39, 0.29) is 40.5 Å². The molecule has 0 bridgehead atoms. The molecular weight excluding hydrogens is 653 g/mol. The molecular formula is C34H34Cl3N3O4S. The van der Waals surface area contributed by atoms with Crippen molar-refractivity contribution in [2.75, 3.05) is 10.8 Å². The van der Waals surface area contributed by atoms with E-state index in [9.17, 15) is 18.0 Å². The number of hydrogen-bond donors (Lipinski definition) is 1. The Hall–Kier alpha value is -3.56. The van der Waals surface area contributed by atoms with E-state index >= 15 is 0 Å². The molecule has 0 radical (unpaired) electrons. The topological polar surface area (TPSA) is 86.8 Å². The van der Waals surface area contributed by atoms with Crippen LogP contribution >= 0.6 is 34.8 Å². The Morgan fingerprint density at radius 2 is 1.40 bits per heavy atom. The first-order valence-electron chi connectivity index (χ1n) is 14.4. The fourth-order valence-corrected chi connectivity index (χ4v) is 6.84. The molecule has 2 atom stereocenters. The Balaban J connectivity index is 1.82. The van der Waals surface area contributed by atoms with Gasteiger partial charge in [0, 0.05) is 29.1 Å². The number of benzene rings is 4. The number of sulfonamides is 1. The number of halogens is 3. The number of rotatable bonds is 13. The Bertz CT molecular complexity index is 1710. The molecule has 11 heteroatoms. The highest BCUT2D eigenvalue weighted by molar-refractivity contribution is 7.92. The van der Waals surface area contributed by atoms with Crippen molar-refractivity contribution >= 4 is 62.3 Å². The quantitative estimate of drug-likeness (QED) is 0.159. The third-order valence-electron chi connectivity index (χ3n) is 7.33. The lowest BCUT2D eigenvalue weighted by molar-refractivity contribution is -0.140. The summed E-state index contributed by atoms with van der Waals surface area (Å²) < 4.78 is 29.1. The third kappa shape index (κ3) is 9.01. The molecule has 4 aromatic carbocycles. The first kappa shape index (κ1) is 34.3. The molecule has 0 aliphatic carbocycles. The van der Waals surface area contributed by atoms with E-state index in [4.69, 9.17) is 34.8 Å². The first-order chi connectivity index (χ1) is 21.5. The number of hydrogen-bond acceptors (Lipinski definition) is 4. The van der Waals surface area contributed by atoms with E-state index in [1.165, 1.54) is 35.2 Å². The molecule has 0 aliphatic heterocycles. The molecule has 0 spiro atoms. The molecule has 0 saturated carbocycles. The lowest BCUT2D eigenvalue weighted by Crippen LogP contribution is -2.54. The van der Waals surface area contributed by atoms with Gasteiger partial charge in [0.15, 0.2) is 0 Å². The predicted molar refractivity (Wildman–Crippen MR) is 181 cm³/mol. The number of nitrogens with one attached hydrogen (secondary N) is 1. The molecule has 0 saturated heterocycles. The van der Waals surface area contributed by atoms with Crippen LogP contribution in [0.3, 0.4) is 0 Å². The van der Waals surface area contributed by atoms with Gasteiger partial charge < -0.3 is 10.2 Å². The second-order valence-electron chi connectivity index (χ2n) is 10.6. The minimum Gasteiger partial charge on any atom is -0.352 e. The van der Waals surface area contributed by atoms with Gasteiger partial charge in [-0.25, -0.2) is 8.42 Å². The summed E-state index contributed by atoms with van der Waals surface area (Å²) in [4.78, 5) is 29.8. The van der Waals surface area contributed by atoms with Gasteiger partial charge >= 0.3 is 0 Å². The van der Waals surface area contributed by atoms with Crippen LogP contribution in [0.4, 0.5) is 5.69 Å². The Kier molecular flexibility index (Phi) is 11.9. The van der Waals surface area contributed by atoms with Crippen molar-refractivity contribution in [3.63, 3.8) is 0 Å². The maximum absolute atomic E-state index is 14.5. The minimum atomic E-state index is -4.28. The number of nitrogens with zero attached hydrogens (tertiary/aromatic N) is 2. The maximum atomic E-state index is 14.5. The van der Waals surface area contributed by atoms with Gasteiger partial charge in [-0.1, -0.05) is 102 Å². The van der Waals surface area contributed by atoms with Gasteiger partial charge in [-0.05, 0) is 66.9 Å². The fourth-order valence-electron chi connectivity index (χ4n) is 4.70. The second kappa shape index (κ2) is 15.6. The molecule has 4 rings (SSSR count). The van der Waals surface area contributed by atoms with Gasteiger partial charge in [-0.15, -0.1) is 0 Å². The molecule has 0 aromatic heterocycles. The van der Waals surface area contributed by atoms with Crippen LogP contribution in [0.15, 0.2) is 108 Å². The average Bonchev–Trinajstić information content (AvgIpc) is 3.03. The normalized spacial score (nSPS) is 12.6. The van der Waals surface area contributed by atoms with Gasteiger partial charge in [0.1, 0.15) is 12.6 Å². The average molecular weight is 687 g/mol.